The molecule has 1 saturated carbocycles. The number of para-hydroxylation sites is 1. The van der Waals surface area contributed by atoms with Gasteiger partial charge < -0.3 is 4.90 Å². The molecule has 0 spiro atoms. The van der Waals surface area contributed by atoms with Gasteiger partial charge in [0.1, 0.15) is 0 Å². The lowest BCUT2D eigenvalue weighted by atomic mass is 9.67. The van der Waals surface area contributed by atoms with Crippen molar-refractivity contribution in [2.45, 2.75) is 43.4 Å². The maximum absolute atomic E-state index is 2.56. The standard InChI is InChI=1S/C69H53N/c1-4-21-49(22-5-1)58-46-41-52(57-35-18-26-48-25-10-11-31-56(48)57)47-67(58)70(66-40-17-14-34-62(66)63-37-20-28-51-27-19-36-59(68(51)63)50-23-6-2-7-24-50)55-44-42-54(43-45-55)69(53-29-8-3-9-30-53)64-38-15-12-32-60(64)61-33-13-16-39-65(61)69/h1,3-5,8-22,25-47,50H,2,6-7,23-24H2. The number of rotatable bonds is 9. The predicted octanol–water partition coefficient (Wildman–Crippen LogP) is 18.9. The molecular weight excluding hydrogens is 843 g/mol. The summed E-state index contributed by atoms with van der Waals surface area (Å²) < 4.78 is 0. The third-order valence-corrected chi connectivity index (χ3v) is 15.6. The van der Waals surface area contributed by atoms with Gasteiger partial charge in [0.2, 0.25) is 0 Å². The van der Waals surface area contributed by atoms with Crippen LogP contribution in [0.25, 0.3) is 66.1 Å². The van der Waals surface area contributed by atoms with Gasteiger partial charge in [0.15, 0.2) is 0 Å². The fraction of sp³-hybridized carbons (Fsp3) is 0.101. The lowest BCUT2D eigenvalue weighted by Gasteiger charge is -2.35. The van der Waals surface area contributed by atoms with E-state index >= 15 is 0 Å². The molecule has 0 unspecified atom stereocenters. The Balaban J connectivity index is 1.08. The van der Waals surface area contributed by atoms with E-state index in [-0.39, 0.29) is 0 Å². The number of hydrogen-bond acceptors (Lipinski definition) is 1. The number of fused-ring (bicyclic) bond motifs is 5. The van der Waals surface area contributed by atoms with Crippen LogP contribution in [0, 0.1) is 0 Å². The summed E-state index contributed by atoms with van der Waals surface area (Å²) in [6.45, 7) is 0. The van der Waals surface area contributed by atoms with Gasteiger partial charge in [-0.2, -0.15) is 0 Å². The molecule has 0 aliphatic heterocycles. The van der Waals surface area contributed by atoms with Gasteiger partial charge >= 0.3 is 0 Å². The number of hydrogen-bond donors (Lipinski definition) is 0. The fourth-order valence-electron chi connectivity index (χ4n) is 12.4. The monoisotopic (exact) mass is 895 g/mol. The summed E-state index contributed by atoms with van der Waals surface area (Å²) in [6.07, 6.45) is 6.41. The maximum Gasteiger partial charge on any atom is 0.0713 e. The molecule has 0 aromatic heterocycles. The topological polar surface area (TPSA) is 3.24 Å². The predicted molar refractivity (Wildman–Crippen MR) is 296 cm³/mol. The Bertz CT molecular complexity index is 3640. The minimum absolute atomic E-state index is 0.502. The molecule has 0 atom stereocenters. The van der Waals surface area contributed by atoms with Crippen molar-refractivity contribution < 1.29 is 0 Å². The van der Waals surface area contributed by atoms with Crippen LogP contribution < -0.4 is 4.90 Å². The van der Waals surface area contributed by atoms with Crippen molar-refractivity contribution in [2.75, 3.05) is 4.90 Å². The first-order valence-corrected chi connectivity index (χ1v) is 25.2. The smallest absolute Gasteiger partial charge is 0.0713 e. The summed E-state index contributed by atoms with van der Waals surface area (Å²) in [5, 5.41) is 5.17. The first-order valence-electron chi connectivity index (χ1n) is 25.2. The molecule has 0 bridgehead atoms. The molecule has 0 heterocycles. The van der Waals surface area contributed by atoms with Gasteiger partial charge in [0, 0.05) is 16.8 Å². The molecule has 0 N–H and O–H groups in total. The molecule has 0 saturated heterocycles. The second kappa shape index (κ2) is 17.7. The van der Waals surface area contributed by atoms with Gasteiger partial charge in [-0.3, -0.25) is 0 Å². The Kier molecular flexibility index (Phi) is 10.6. The molecule has 2 aliphatic rings. The highest BCUT2D eigenvalue weighted by Gasteiger charge is 2.46. The van der Waals surface area contributed by atoms with Crippen LogP contribution in [0.3, 0.4) is 0 Å². The lowest BCUT2D eigenvalue weighted by molar-refractivity contribution is 0.445. The average molecular weight is 896 g/mol. The van der Waals surface area contributed by atoms with Crippen molar-refractivity contribution >= 4 is 38.6 Å². The van der Waals surface area contributed by atoms with E-state index in [0.29, 0.717) is 5.92 Å². The van der Waals surface area contributed by atoms with Gasteiger partial charge in [-0.05, 0) is 126 Å². The number of nitrogens with zero attached hydrogens (tertiary/aromatic N) is 1. The zero-order valence-corrected chi connectivity index (χ0v) is 39.3. The normalized spacial score (nSPS) is 14.1. The zero-order chi connectivity index (χ0) is 46.4. The Morgan fingerprint density at radius 3 is 1.64 bits per heavy atom. The second-order valence-electron chi connectivity index (χ2n) is 19.3. The first-order chi connectivity index (χ1) is 34.8. The average Bonchev–Trinajstić information content (AvgIpc) is 3.74. The second-order valence-corrected chi connectivity index (χ2v) is 19.3. The Morgan fingerprint density at radius 2 is 0.900 bits per heavy atom. The van der Waals surface area contributed by atoms with Crippen molar-refractivity contribution in [3.8, 4) is 44.5 Å². The molecule has 0 amide bonds. The lowest BCUT2D eigenvalue weighted by Crippen LogP contribution is -2.28. The van der Waals surface area contributed by atoms with Crippen LogP contribution in [-0.4, -0.2) is 0 Å². The van der Waals surface area contributed by atoms with Crippen molar-refractivity contribution in [1.29, 1.82) is 0 Å². The molecule has 11 aromatic rings. The molecule has 2 aliphatic carbocycles. The molecule has 70 heavy (non-hydrogen) atoms. The Morgan fingerprint density at radius 1 is 0.343 bits per heavy atom. The molecule has 1 fully saturated rings. The van der Waals surface area contributed by atoms with Crippen LogP contribution in [0.15, 0.2) is 255 Å². The van der Waals surface area contributed by atoms with Crippen LogP contribution in [0.2, 0.25) is 0 Å². The van der Waals surface area contributed by atoms with E-state index in [1.807, 2.05) is 0 Å². The summed E-state index contributed by atoms with van der Waals surface area (Å²) in [7, 11) is 0. The molecule has 1 heteroatoms. The van der Waals surface area contributed by atoms with Crippen molar-refractivity contribution in [2.24, 2.45) is 0 Å². The largest absolute Gasteiger partial charge is 0.309 e. The van der Waals surface area contributed by atoms with Crippen molar-refractivity contribution in [3.05, 3.63) is 283 Å². The van der Waals surface area contributed by atoms with Crippen LogP contribution >= 0.6 is 0 Å². The van der Waals surface area contributed by atoms with E-state index in [1.54, 1.807) is 0 Å². The van der Waals surface area contributed by atoms with Crippen LogP contribution in [0.5, 0.6) is 0 Å². The van der Waals surface area contributed by atoms with Gasteiger partial charge in [0.25, 0.3) is 0 Å². The van der Waals surface area contributed by atoms with Crippen molar-refractivity contribution in [3.63, 3.8) is 0 Å². The van der Waals surface area contributed by atoms with E-state index in [0.717, 1.165) is 17.1 Å². The first kappa shape index (κ1) is 41.9. The van der Waals surface area contributed by atoms with E-state index in [4.69, 9.17) is 0 Å². The van der Waals surface area contributed by atoms with E-state index < -0.39 is 5.41 Å². The summed E-state index contributed by atoms with van der Waals surface area (Å²) in [5.74, 6) is 0.555. The highest BCUT2D eigenvalue weighted by atomic mass is 15.1. The SMILES string of the molecule is c1ccc(-c2ccc(-c3cccc4ccccc34)cc2N(c2ccc(C3(c4ccccc4)c4ccccc4-c4ccccc43)cc2)c2ccccc2-c2cccc3cccc(C4CCCCC4)c23)cc1. The quantitative estimate of drug-likeness (QED) is 0.140. The van der Waals surface area contributed by atoms with Crippen molar-refractivity contribution in [1.82, 2.24) is 0 Å². The van der Waals surface area contributed by atoms with E-state index in [9.17, 15) is 0 Å². The van der Waals surface area contributed by atoms with Gasteiger partial charge in [-0.1, -0.05) is 250 Å². The van der Waals surface area contributed by atoms with Crippen LogP contribution in [0.1, 0.15) is 65.8 Å². The maximum atomic E-state index is 2.56. The van der Waals surface area contributed by atoms with E-state index in [2.05, 4.69) is 260 Å². The minimum atomic E-state index is -0.502. The summed E-state index contributed by atoms with van der Waals surface area (Å²) >= 11 is 0. The summed E-state index contributed by atoms with van der Waals surface area (Å²) in [5.41, 5.74) is 19.3. The molecule has 1 nitrogen and oxygen atoms in total. The number of anilines is 3. The van der Waals surface area contributed by atoms with Crippen LogP contribution in [0.4, 0.5) is 17.1 Å². The summed E-state index contributed by atoms with van der Waals surface area (Å²) in [6, 6.07) is 95.4. The molecular formula is C69H53N. The Hall–Kier alpha value is -8.26. The number of benzene rings is 11. The van der Waals surface area contributed by atoms with Gasteiger partial charge in [-0.25, -0.2) is 0 Å². The third kappa shape index (κ3) is 6.91. The van der Waals surface area contributed by atoms with E-state index in [1.165, 1.54) is 126 Å². The summed E-state index contributed by atoms with van der Waals surface area (Å²) in [4.78, 5) is 2.56. The molecule has 11 aromatic carbocycles. The molecule has 13 rings (SSSR count). The minimum Gasteiger partial charge on any atom is -0.309 e. The molecule has 334 valence electrons. The molecule has 0 radical (unpaired) electrons. The Labute approximate surface area is 412 Å². The third-order valence-electron chi connectivity index (χ3n) is 15.6. The van der Waals surface area contributed by atoms with Gasteiger partial charge in [-0.15, -0.1) is 0 Å². The highest BCUT2D eigenvalue weighted by Crippen LogP contribution is 2.57. The highest BCUT2D eigenvalue weighted by molar-refractivity contribution is 6.05. The van der Waals surface area contributed by atoms with Crippen LogP contribution in [-0.2, 0) is 5.41 Å². The zero-order valence-electron chi connectivity index (χ0n) is 39.3. The van der Waals surface area contributed by atoms with Gasteiger partial charge in [0.05, 0.1) is 16.8 Å². The fourth-order valence-corrected chi connectivity index (χ4v) is 12.4.